The number of carboxylic acid groups (broad SMARTS) is 1. The highest BCUT2D eigenvalue weighted by molar-refractivity contribution is 5.77. The number of aliphatic carboxylic acids is 1. The normalized spacial score (nSPS) is 14.3. The average molecular weight is 259 g/mol. The second kappa shape index (κ2) is 8.91. The standard InChI is InChI=1S/C13H25NO4/c1-9(2)18-8-12(15)14-11(4)7-5-6-10(3)13(16)17/h9-11H,5-8H2,1-4H3,(H,14,15)(H,16,17). The zero-order chi connectivity index (χ0) is 14.1. The molecule has 2 atom stereocenters. The highest BCUT2D eigenvalue weighted by Crippen LogP contribution is 2.09. The van der Waals surface area contributed by atoms with E-state index in [0.29, 0.717) is 6.42 Å². The third-order valence-corrected chi connectivity index (χ3v) is 2.65. The van der Waals surface area contributed by atoms with Crippen LogP contribution in [0.2, 0.25) is 0 Å². The lowest BCUT2D eigenvalue weighted by Crippen LogP contribution is -2.35. The van der Waals surface area contributed by atoms with Gasteiger partial charge in [0.25, 0.3) is 0 Å². The predicted octanol–water partition coefficient (Wildman–Crippen LogP) is 1.81. The molecule has 0 spiro atoms. The number of hydrogen-bond acceptors (Lipinski definition) is 3. The van der Waals surface area contributed by atoms with Crippen LogP contribution in [0.15, 0.2) is 0 Å². The molecule has 0 aliphatic carbocycles. The Morgan fingerprint density at radius 1 is 1.17 bits per heavy atom. The van der Waals surface area contributed by atoms with Crippen LogP contribution in [0, 0.1) is 5.92 Å². The van der Waals surface area contributed by atoms with Crippen LogP contribution in [0.1, 0.15) is 47.0 Å². The summed E-state index contributed by atoms with van der Waals surface area (Å²) in [7, 11) is 0. The highest BCUT2D eigenvalue weighted by Gasteiger charge is 2.12. The third kappa shape index (κ3) is 8.98. The van der Waals surface area contributed by atoms with Crippen LogP contribution in [0.5, 0.6) is 0 Å². The van der Waals surface area contributed by atoms with E-state index in [0.717, 1.165) is 12.8 Å². The molecule has 0 aliphatic heterocycles. The maximum absolute atomic E-state index is 11.4. The van der Waals surface area contributed by atoms with Gasteiger partial charge in [-0.3, -0.25) is 9.59 Å². The van der Waals surface area contributed by atoms with Crippen LogP contribution >= 0.6 is 0 Å². The van der Waals surface area contributed by atoms with Gasteiger partial charge in [0.1, 0.15) is 6.61 Å². The third-order valence-electron chi connectivity index (χ3n) is 2.65. The molecule has 106 valence electrons. The van der Waals surface area contributed by atoms with Crippen LogP contribution < -0.4 is 5.32 Å². The minimum Gasteiger partial charge on any atom is -0.481 e. The molecular weight excluding hydrogens is 234 g/mol. The lowest BCUT2D eigenvalue weighted by atomic mass is 10.0. The van der Waals surface area contributed by atoms with Crippen molar-refractivity contribution in [1.82, 2.24) is 5.32 Å². The number of rotatable bonds is 9. The Morgan fingerprint density at radius 2 is 1.78 bits per heavy atom. The fourth-order valence-electron chi connectivity index (χ4n) is 1.48. The fraction of sp³-hybridized carbons (Fsp3) is 0.846. The molecule has 0 aliphatic rings. The first-order valence-electron chi connectivity index (χ1n) is 6.46. The monoisotopic (exact) mass is 259 g/mol. The molecule has 5 heteroatoms. The molecule has 0 fully saturated rings. The number of hydrogen-bond donors (Lipinski definition) is 2. The van der Waals surface area contributed by atoms with E-state index in [9.17, 15) is 9.59 Å². The van der Waals surface area contributed by atoms with Crippen molar-refractivity contribution >= 4 is 11.9 Å². The van der Waals surface area contributed by atoms with Crippen molar-refractivity contribution in [3.8, 4) is 0 Å². The van der Waals surface area contributed by atoms with Crippen molar-refractivity contribution in [1.29, 1.82) is 0 Å². The summed E-state index contributed by atoms with van der Waals surface area (Å²) < 4.78 is 5.19. The highest BCUT2D eigenvalue weighted by atomic mass is 16.5. The topological polar surface area (TPSA) is 75.6 Å². The number of carboxylic acids is 1. The predicted molar refractivity (Wildman–Crippen MR) is 69.3 cm³/mol. The van der Waals surface area contributed by atoms with Gasteiger partial charge in [-0.25, -0.2) is 0 Å². The van der Waals surface area contributed by atoms with E-state index in [4.69, 9.17) is 9.84 Å². The zero-order valence-electron chi connectivity index (χ0n) is 11.7. The molecule has 5 nitrogen and oxygen atoms in total. The molecule has 0 saturated carbocycles. The number of nitrogens with one attached hydrogen (secondary N) is 1. The van der Waals surface area contributed by atoms with Crippen LogP contribution in [-0.2, 0) is 14.3 Å². The Hall–Kier alpha value is -1.10. The fourth-order valence-corrected chi connectivity index (χ4v) is 1.48. The van der Waals surface area contributed by atoms with E-state index in [1.807, 2.05) is 20.8 Å². The molecule has 0 aromatic rings. The second-order valence-corrected chi connectivity index (χ2v) is 5.00. The van der Waals surface area contributed by atoms with Gasteiger partial charge in [0, 0.05) is 6.04 Å². The number of carbonyl (C=O) groups is 2. The average Bonchev–Trinajstić information content (AvgIpc) is 2.25. The maximum Gasteiger partial charge on any atom is 0.306 e. The minimum absolute atomic E-state index is 0.0440. The molecule has 0 aromatic heterocycles. The van der Waals surface area contributed by atoms with E-state index in [1.165, 1.54) is 0 Å². The van der Waals surface area contributed by atoms with E-state index in [1.54, 1.807) is 6.92 Å². The van der Waals surface area contributed by atoms with Gasteiger partial charge in [-0.05, 0) is 33.6 Å². The molecule has 0 heterocycles. The largest absolute Gasteiger partial charge is 0.481 e. The first-order valence-corrected chi connectivity index (χ1v) is 6.46. The Morgan fingerprint density at radius 3 is 2.28 bits per heavy atom. The Kier molecular flexibility index (Phi) is 8.37. The number of amides is 1. The van der Waals surface area contributed by atoms with Crippen molar-refractivity contribution in [2.24, 2.45) is 5.92 Å². The van der Waals surface area contributed by atoms with Crippen LogP contribution in [0.3, 0.4) is 0 Å². The lowest BCUT2D eigenvalue weighted by Gasteiger charge is -2.15. The Balaban J connectivity index is 3.67. The number of ether oxygens (including phenoxy) is 1. The van der Waals surface area contributed by atoms with Gasteiger partial charge < -0.3 is 15.2 Å². The molecular formula is C13H25NO4. The van der Waals surface area contributed by atoms with Crippen molar-refractivity contribution < 1.29 is 19.4 Å². The second-order valence-electron chi connectivity index (χ2n) is 5.00. The van der Waals surface area contributed by atoms with Gasteiger partial charge >= 0.3 is 5.97 Å². The van der Waals surface area contributed by atoms with Gasteiger partial charge in [0.2, 0.25) is 5.91 Å². The van der Waals surface area contributed by atoms with Crippen molar-refractivity contribution in [3.63, 3.8) is 0 Å². The van der Waals surface area contributed by atoms with E-state index >= 15 is 0 Å². The smallest absolute Gasteiger partial charge is 0.306 e. The molecule has 0 rings (SSSR count). The number of carbonyl (C=O) groups excluding carboxylic acids is 1. The summed E-state index contributed by atoms with van der Waals surface area (Å²) in [5, 5.41) is 11.6. The molecule has 2 unspecified atom stereocenters. The van der Waals surface area contributed by atoms with Crippen LogP contribution in [0.25, 0.3) is 0 Å². The van der Waals surface area contributed by atoms with E-state index < -0.39 is 5.97 Å². The molecule has 1 amide bonds. The minimum atomic E-state index is -0.767. The summed E-state index contributed by atoms with van der Waals surface area (Å²) >= 11 is 0. The summed E-state index contributed by atoms with van der Waals surface area (Å²) in [6.45, 7) is 7.45. The summed E-state index contributed by atoms with van der Waals surface area (Å²) in [5.74, 6) is -1.21. The van der Waals surface area contributed by atoms with Crippen molar-refractivity contribution in [2.75, 3.05) is 6.61 Å². The van der Waals surface area contributed by atoms with Gasteiger partial charge in [-0.1, -0.05) is 13.3 Å². The summed E-state index contributed by atoms with van der Waals surface area (Å²) in [6, 6.07) is 0.0502. The lowest BCUT2D eigenvalue weighted by molar-refractivity contribution is -0.141. The zero-order valence-corrected chi connectivity index (χ0v) is 11.7. The first-order chi connectivity index (χ1) is 8.32. The van der Waals surface area contributed by atoms with Crippen LogP contribution in [-0.4, -0.2) is 35.7 Å². The maximum atomic E-state index is 11.4. The SMILES string of the molecule is CC(CCCC(C)C(=O)O)NC(=O)COC(C)C. The molecule has 0 bridgehead atoms. The first kappa shape index (κ1) is 16.9. The Labute approximate surface area is 109 Å². The summed E-state index contributed by atoms with van der Waals surface area (Å²) in [6.07, 6.45) is 2.26. The van der Waals surface area contributed by atoms with Crippen molar-refractivity contribution in [2.45, 2.75) is 59.1 Å². The molecule has 0 aromatic carbocycles. The van der Waals surface area contributed by atoms with Gasteiger partial charge in [0.15, 0.2) is 0 Å². The molecule has 2 N–H and O–H groups in total. The molecule has 18 heavy (non-hydrogen) atoms. The van der Waals surface area contributed by atoms with E-state index in [2.05, 4.69) is 5.32 Å². The van der Waals surface area contributed by atoms with Gasteiger partial charge in [-0.15, -0.1) is 0 Å². The summed E-state index contributed by atoms with van der Waals surface area (Å²) in [4.78, 5) is 22.0. The Bertz CT molecular complexity index is 266. The molecule has 0 radical (unpaired) electrons. The van der Waals surface area contributed by atoms with Gasteiger partial charge in [-0.2, -0.15) is 0 Å². The van der Waals surface area contributed by atoms with Gasteiger partial charge in [0.05, 0.1) is 12.0 Å². The van der Waals surface area contributed by atoms with E-state index in [-0.39, 0.29) is 30.6 Å². The summed E-state index contributed by atoms with van der Waals surface area (Å²) in [5.41, 5.74) is 0. The van der Waals surface area contributed by atoms with Crippen LogP contribution in [0.4, 0.5) is 0 Å². The molecule has 0 saturated heterocycles. The van der Waals surface area contributed by atoms with Crippen molar-refractivity contribution in [3.05, 3.63) is 0 Å². The quantitative estimate of drug-likeness (QED) is 0.662.